The molecule has 1 aliphatic rings. The van der Waals surface area contributed by atoms with Crippen molar-refractivity contribution in [2.75, 3.05) is 0 Å². The SMILES string of the molecule is CCc1ccc(C2=C(C)C(C)=C(c3ccc(CC)cc3)C2=O)cc1. The number of carbonyl (C=O) groups excluding carboxylic acids is 1. The second-order valence-corrected chi connectivity index (χ2v) is 6.43. The van der Waals surface area contributed by atoms with Crippen molar-refractivity contribution < 1.29 is 4.79 Å². The quantitative estimate of drug-likeness (QED) is 0.713. The van der Waals surface area contributed by atoms with Crippen LogP contribution in [-0.4, -0.2) is 5.78 Å². The van der Waals surface area contributed by atoms with Crippen LogP contribution in [0.5, 0.6) is 0 Å². The van der Waals surface area contributed by atoms with Gasteiger partial charge in [0, 0.05) is 11.1 Å². The van der Waals surface area contributed by atoms with Crippen molar-refractivity contribution in [3.8, 4) is 0 Å². The van der Waals surface area contributed by atoms with Crippen LogP contribution in [0.1, 0.15) is 49.9 Å². The summed E-state index contributed by atoms with van der Waals surface area (Å²) >= 11 is 0. The van der Waals surface area contributed by atoms with Crippen LogP contribution in [-0.2, 0) is 17.6 Å². The maximum absolute atomic E-state index is 13.1. The van der Waals surface area contributed by atoms with Gasteiger partial charge in [-0.25, -0.2) is 0 Å². The Morgan fingerprint density at radius 1 is 0.625 bits per heavy atom. The highest BCUT2D eigenvalue weighted by atomic mass is 16.1. The Morgan fingerprint density at radius 3 is 1.25 bits per heavy atom. The second-order valence-electron chi connectivity index (χ2n) is 6.43. The molecule has 0 spiro atoms. The lowest BCUT2D eigenvalue weighted by atomic mass is 9.95. The molecule has 1 nitrogen and oxygen atoms in total. The summed E-state index contributed by atoms with van der Waals surface area (Å²) in [5.41, 5.74) is 8.53. The number of Topliss-reactive ketones (excluding diaryl/α,β-unsaturated/α-hetero) is 1. The van der Waals surface area contributed by atoms with Gasteiger partial charge < -0.3 is 0 Å². The third-order valence-electron chi connectivity index (χ3n) is 5.07. The maximum atomic E-state index is 13.1. The molecule has 0 heterocycles. The fourth-order valence-electron chi connectivity index (χ4n) is 3.35. The van der Waals surface area contributed by atoms with Crippen LogP contribution in [0.2, 0.25) is 0 Å². The van der Waals surface area contributed by atoms with Gasteiger partial charge in [0.15, 0.2) is 5.78 Å². The number of carbonyl (C=O) groups is 1. The number of hydrogen-bond acceptors (Lipinski definition) is 1. The van der Waals surface area contributed by atoms with Crippen LogP contribution in [0.25, 0.3) is 11.1 Å². The van der Waals surface area contributed by atoms with Crippen LogP contribution in [0.4, 0.5) is 0 Å². The van der Waals surface area contributed by atoms with Crippen molar-refractivity contribution in [3.63, 3.8) is 0 Å². The molecule has 0 saturated heterocycles. The van der Waals surface area contributed by atoms with Crippen molar-refractivity contribution in [1.29, 1.82) is 0 Å². The first-order valence-electron chi connectivity index (χ1n) is 8.72. The number of allylic oxidation sites excluding steroid dienone is 4. The van der Waals surface area contributed by atoms with Gasteiger partial charge >= 0.3 is 0 Å². The van der Waals surface area contributed by atoms with Gasteiger partial charge in [0.1, 0.15) is 0 Å². The van der Waals surface area contributed by atoms with Crippen LogP contribution < -0.4 is 0 Å². The minimum absolute atomic E-state index is 0.151. The highest BCUT2D eigenvalue weighted by molar-refractivity contribution is 6.46. The summed E-state index contributed by atoms with van der Waals surface area (Å²) < 4.78 is 0. The normalized spacial score (nSPS) is 14.8. The van der Waals surface area contributed by atoms with Crippen LogP contribution in [0.15, 0.2) is 59.7 Å². The average Bonchev–Trinajstić information content (AvgIpc) is 2.84. The molecule has 0 atom stereocenters. The van der Waals surface area contributed by atoms with E-state index >= 15 is 0 Å². The lowest BCUT2D eigenvalue weighted by Gasteiger charge is -2.07. The van der Waals surface area contributed by atoms with Crippen molar-refractivity contribution >= 4 is 16.9 Å². The molecule has 0 unspecified atom stereocenters. The highest BCUT2D eigenvalue weighted by Gasteiger charge is 2.29. The number of ketones is 1. The summed E-state index contributed by atoms with van der Waals surface area (Å²) in [5.74, 6) is 0.151. The summed E-state index contributed by atoms with van der Waals surface area (Å²) in [6.07, 6.45) is 2.02. The molecule has 0 fully saturated rings. The number of aryl methyl sites for hydroxylation is 2. The second kappa shape index (κ2) is 6.60. The summed E-state index contributed by atoms with van der Waals surface area (Å²) in [5, 5.41) is 0. The smallest absolute Gasteiger partial charge is 0.194 e. The first-order chi connectivity index (χ1) is 11.6. The zero-order chi connectivity index (χ0) is 17.3. The lowest BCUT2D eigenvalue weighted by molar-refractivity contribution is -0.108. The third-order valence-corrected chi connectivity index (χ3v) is 5.07. The van der Waals surface area contributed by atoms with E-state index in [9.17, 15) is 4.79 Å². The summed E-state index contributed by atoms with van der Waals surface area (Å²) in [6.45, 7) is 8.40. The molecule has 2 aromatic rings. The molecular formula is C23H24O. The molecule has 2 aromatic carbocycles. The molecule has 0 saturated carbocycles. The number of hydrogen-bond donors (Lipinski definition) is 0. The van der Waals surface area contributed by atoms with Gasteiger partial charge in [0.05, 0.1) is 0 Å². The van der Waals surface area contributed by atoms with Crippen molar-refractivity contribution in [3.05, 3.63) is 81.9 Å². The zero-order valence-corrected chi connectivity index (χ0v) is 14.9. The highest BCUT2D eigenvalue weighted by Crippen LogP contribution is 2.40. The van der Waals surface area contributed by atoms with Crippen molar-refractivity contribution in [2.45, 2.75) is 40.5 Å². The molecule has 1 aliphatic carbocycles. The van der Waals surface area contributed by atoms with Gasteiger partial charge in [-0.15, -0.1) is 0 Å². The van der Waals surface area contributed by atoms with Gasteiger partial charge in [0.25, 0.3) is 0 Å². The lowest BCUT2D eigenvalue weighted by Crippen LogP contribution is -2.02. The van der Waals surface area contributed by atoms with Crippen molar-refractivity contribution in [1.82, 2.24) is 0 Å². The third kappa shape index (κ3) is 2.75. The van der Waals surface area contributed by atoms with Crippen molar-refractivity contribution in [2.24, 2.45) is 0 Å². The van der Waals surface area contributed by atoms with Gasteiger partial charge in [-0.2, -0.15) is 0 Å². The molecule has 1 heteroatoms. The Balaban J connectivity index is 1.99. The molecular weight excluding hydrogens is 292 g/mol. The molecule has 0 radical (unpaired) electrons. The maximum Gasteiger partial charge on any atom is 0.194 e. The molecule has 0 N–H and O–H groups in total. The van der Waals surface area contributed by atoms with Gasteiger partial charge in [-0.3, -0.25) is 4.79 Å². The Kier molecular flexibility index (Phi) is 4.53. The van der Waals surface area contributed by atoms with E-state index in [2.05, 4.69) is 76.2 Å². The Hall–Kier alpha value is -2.41. The Labute approximate surface area is 144 Å². The first-order valence-corrected chi connectivity index (χ1v) is 8.72. The molecule has 122 valence electrons. The molecule has 0 aliphatic heterocycles. The summed E-state index contributed by atoms with van der Waals surface area (Å²) in [7, 11) is 0. The molecule has 0 amide bonds. The largest absolute Gasteiger partial charge is 0.289 e. The van der Waals surface area contributed by atoms with E-state index in [4.69, 9.17) is 0 Å². The molecule has 3 rings (SSSR count). The zero-order valence-electron chi connectivity index (χ0n) is 14.9. The Morgan fingerprint density at radius 2 is 0.958 bits per heavy atom. The topological polar surface area (TPSA) is 17.1 Å². The molecule has 0 bridgehead atoms. The van der Waals surface area contributed by atoms with Crippen LogP contribution in [0.3, 0.4) is 0 Å². The van der Waals surface area contributed by atoms with Crippen LogP contribution in [0, 0.1) is 0 Å². The first kappa shape index (κ1) is 16.4. The molecule has 24 heavy (non-hydrogen) atoms. The van der Waals surface area contributed by atoms with E-state index in [0.29, 0.717) is 0 Å². The van der Waals surface area contributed by atoms with E-state index in [1.54, 1.807) is 0 Å². The van der Waals surface area contributed by atoms with Gasteiger partial charge in [-0.05, 0) is 60.1 Å². The fraction of sp³-hybridized carbons (Fsp3) is 0.261. The minimum atomic E-state index is 0.151. The molecule has 0 aromatic heterocycles. The standard InChI is InChI=1S/C23H24O/c1-5-17-7-11-19(12-8-17)21-15(3)16(4)22(23(21)24)20-13-9-18(6-2)10-14-20/h7-14H,5-6H2,1-4H3. The van der Waals surface area contributed by atoms with E-state index in [1.807, 2.05) is 0 Å². The van der Waals surface area contributed by atoms with Crippen LogP contribution >= 0.6 is 0 Å². The van der Waals surface area contributed by atoms with E-state index < -0.39 is 0 Å². The summed E-state index contributed by atoms with van der Waals surface area (Å²) in [6, 6.07) is 16.8. The monoisotopic (exact) mass is 316 g/mol. The predicted octanol–water partition coefficient (Wildman–Crippen LogP) is 5.64. The van der Waals surface area contributed by atoms with E-state index in [0.717, 1.165) is 46.3 Å². The summed E-state index contributed by atoms with van der Waals surface area (Å²) in [4.78, 5) is 13.1. The Bertz CT molecular complexity index is 759. The minimum Gasteiger partial charge on any atom is -0.289 e. The van der Waals surface area contributed by atoms with Gasteiger partial charge in [0.2, 0.25) is 0 Å². The number of rotatable bonds is 4. The van der Waals surface area contributed by atoms with E-state index in [-0.39, 0.29) is 5.78 Å². The fourth-order valence-corrected chi connectivity index (χ4v) is 3.35. The van der Waals surface area contributed by atoms with Gasteiger partial charge in [-0.1, -0.05) is 62.4 Å². The predicted molar refractivity (Wildman–Crippen MR) is 102 cm³/mol. The van der Waals surface area contributed by atoms with E-state index in [1.165, 1.54) is 11.1 Å². The average molecular weight is 316 g/mol. The number of benzene rings is 2.